The van der Waals surface area contributed by atoms with Gasteiger partial charge in [-0.15, -0.1) is 0 Å². The molecule has 0 aliphatic heterocycles. The van der Waals surface area contributed by atoms with Crippen molar-refractivity contribution < 1.29 is 4.79 Å². The largest absolute Gasteiger partial charge is 0.332 e. The van der Waals surface area contributed by atoms with E-state index in [9.17, 15) is 14.4 Å². The number of nitrogens with zero attached hydrogens (tertiary/aromatic N) is 6. The molecule has 3 heterocycles. The molecular formula is C15H18ClN7O3. The Morgan fingerprint density at radius 2 is 1.96 bits per heavy atom. The number of aryl methyl sites for hydroxylation is 1. The van der Waals surface area contributed by atoms with Crippen molar-refractivity contribution in [2.75, 3.05) is 5.32 Å². The monoisotopic (exact) mass is 379 g/mol. The molecule has 10 nitrogen and oxygen atoms in total. The van der Waals surface area contributed by atoms with Crippen molar-refractivity contribution >= 4 is 34.5 Å². The van der Waals surface area contributed by atoms with E-state index in [-0.39, 0.29) is 29.0 Å². The maximum atomic E-state index is 12.5. The van der Waals surface area contributed by atoms with Crippen molar-refractivity contribution in [1.29, 1.82) is 0 Å². The molecule has 0 spiro atoms. The van der Waals surface area contributed by atoms with Gasteiger partial charge in [0.2, 0.25) is 11.2 Å². The highest BCUT2D eigenvalue weighted by atomic mass is 35.5. The number of rotatable bonds is 4. The fraction of sp³-hybridized carbons (Fsp3) is 0.400. The molecule has 3 rings (SSSR count). The summed E-state index contributed by atoms with van der Waals surface area (Å²) in [4.78, 5) is 41.0. The van der Waals surface area contributed by atoms with Gasteiger partial charge in [-0.1, -0.05) is 0 Å². The van der Waals surface area contributed by atoms with Crippen molar-refractivity contribution in [1.82, 2.24) is 28.5 Å². The summed E-state index contributed by atoms with van der Waals surface area (Å²) in [6.45, 7) is 3.65. The van der Waals surface area contributed by atoms with Gasteiger partial charge in [-0.2, -0.15) is 10.1 Å². The van der Waals surface area contributed by atoms with Gasteiger partial charge in [0.15, 0.2) is 11.2 Å². The molecule has 0 fully saturated rings. The van der Waals surface area contributed by atoms with E-state index in [1.54, 1.807) is 16.9 Å². The molecule has 0 bridgehead atoms. The Hall–Kier alpha value is -2.88. The first-order chi connectivity index (χ1) is 12.2. The molecule has 0 unspecified atom stereocenters. The van der Waals surface area contributed by atoms with Crippen LogP contribution < -0.4 is 16.6 Å². The molecule has 0 saturated carbocycles. The van der Waals surface area contributed by atoms with E-state index in [0.29, 0.717) is 5.82 Å². The molecule has 1 N–H and O–H groups in total. The highest BCUT2D eigenvalue weighted by Gasteiger charge is 2.20. The molecular weight excluding hydrogens is 362 g/mol. The number of fused-ring (bicyclic) bond motifs is 1. The lowest BCUT2D eigenvalue weighted by molar-refractivity contribution is -0.116. The third-order valence-electron chi connectivity index (χ3n) is 4.03. The standard InChI is InChI=1S/C15H18ClN7O3/c1-8(2)23-9(5-6-17-23)18-10(24)7-22-11-12(19-14(22)16)20(3)15(26)21(4)13(11)25/h5-6,8H,7H2,1-4H3,(H,18,24). The number of halogens is 1. The number of amides is 1. The lowest BCUT2D eigenvalue weighted by Gasteiger charge is -2.12. The average Bonchev–Trinajstić information content (AvgIpc) is 3.16. The molecule has 26 heavy (non-hydrogen) atoms. The summed E-state index contributed by atoms with van der Waals surface area (Å²) >= 11 is 6.11. The quantitative estimate of drug-likeness (QED) is 0.664. The summed E-state index contributed by atoms with van der Waals surface area (Å²) in [7, 11) is 2.84. The molecule has 0 atom stereocenters. The number of hydrogen-bond acceptors (Lipinski definition) is 5. The van der Waals surface area contributed by atoms with Gasteiger partial charge < -0.3 is 5.32 Å². The van der Waals surface area contributed by atoms with Gasteiger partial charge in [-0.3, -0.25) is 23.3 Å². The van der Waals surface area contributed by atoms with Gasteiger partial charge in [-0.05, 0) is 25.4 Å². The molecule has 0 saturated heterocycles. The maximum absolute atomic E-state index is 12.5. The fourth-order valence-corrected chi connectivity index (χ4v) is 2.94. The van der Waals surface area contributed by atoms with Gasteiger partial charge in [0.25, 0.3) is 5.56 Å². The Balaban J connectivity index is 2.00. The van der Waals surface area contributed by atoms with Crippen LogP contribution in [-0.2, 0) is 25.4 Å². The molecule has 11 heteroatoms. The summed E-state index contributed by atoms with van der Waals surface area (Å²) in [6.07, 6.45) is 1.58. The second-order valence-electron chi connectivity index (χ2n) is 6.15. The van der Waals surface area contributed by atoms with Crippen molar-refractivity contribution in [2.24, 2.45) is 14.1 Å². The van der Waals surface area contributed by atoms with Crippen molar-refractivity contribution in [3.8, 4) is 0 Å². The van der Waals surface area contributed by atoms with Crippen molar-refractivity contribution in [3.63, 3.8) is 0 Å². The smallest absolute Gasteiger partial charge is 0.309 e. The number of hydrogen-bond donors (Lipinski definition) is 1. The highest BCUT2D eigenvalue weighted by molar-refractivity contribution is 6.29. The van der Waals surface area contributed by atoms with Crippen LogP contribution in [0, 0.1) is 0 Å². The van der Waals surface area contributed by atoms with Crippen LogP contribution in [0.3, 0.4) is 0 Å². The predicted molar refractivity (Wildman–Crippen MR) is 96.5 cm³/mol. The zero-order valence-electron chi connectivity index (χ0n) is 14.7. The first-order valence-corrected chi connectivity index (χ1v) is 8.25. The second kappa shape index (κ2) is 6.45. The summed E-state index contributed by atoms with van der Waals surface area (Å²) in [5, 5.41) is 6.83. The molecule has 3 aromatic heterocycles. The van der Waals surface area contributed by atoms with Crippen LogP contribution in [0.2, 0.25) is 5.28 Å². The number of carbonyl (C=O) groups is 1. The summed E-state index contributed by atoms with van der Waals surface area (Å²) < 4.78 is 5.10. The maximum Gasteiger partial charge on any atom is 0.332 e. The Bertz CT molecular complexity index is 1120. The number of anilines is 1. The molecule has 1 amide bonds. The van der Waals surface area contributed by atoms with Gasteiger partial charge in [0.05, 0.1) is 6.20 Å². The molecule has 0 aliphatic carbocycles. The zero-order valence-corrected chi connectivity index (χ0v) is 15.5. The molecule has 0 aliphatic rings. The van der Waals surface area contributed by atoms with Gasteiger partial charge >= 0.3 is 5.69 Å². The minimum atomic E-state index is -0.567. The lowest BCUT2D eigenvalue weighted by Crippen LogP contribution is -2.37. The number of imidazole rings is 1. The van der Waals surface area contributed by atoms with Crippen molar-refractivity contribution in [2.45, 2.75) is 26.4 Å². The molecule has 0 radical (unpaired) electrons. The Kier molecular flexibility index (Phi) is 4.45. The Morgan fingerprint density at radius 3 is 2.62 bits per heavy atom. The second-order valence-corrected chi connectivity index (χ2v) is 6.49. The van der Waals surface area contributed by atoms with E-state index in [4.69, 9.17) is 11.6 Å². The van der Waals surface area contributed by atoms with Crippen LogP contribution >= 0.6 is 11.6 Å². The number of carbonyl (C=O) groups excluding carboxylic acids is 1. The Morgan fingerprint density at radius 1 is 1.27 bits per heavy atom. The molecule has 138 valence electrons. The SMILES string of the molecule is CC(C)n1nccc1NC(=O)Cn1c(Cl)nc2c1c(=O)n(C)c(=O)n2C. The Labute approximate surface area is 152 Å². The lowest BCUT2D eigenvalue weighted by atomic mass is 10.4. The van der Waals surface area contributed by atoms with Crippen LogP contribution in [0.15, 0.2) is 21.9 Å². The first-order valence-electron chi connectivity index (χ1n) is 7.87. The topological polar surface area (TPSA) is 109 Å². The van der Waals surface area contributed by atoms with Crippen molar-refractivity contribution in [3.05, 3.63) is 38.4 Å². The summed E-state index contributed by atoms with van der Waals surface area (Å²) in [5.74, 6) is 0.135. The van der Waals surface area contributed by atoms with Crippen LogP contribution in [-0.4, -0.2) is 34.4 Å². The van der Waals surface area contributed by atoms with Gasteiger partial charge in [0.1, 0.15) is 12.4 Å². The van der Waals surface area contributed by atoms with E-state index in [1.807, 2.05) is 13.8 Å². The van der Waals surface area contributed by atoms with Crippen LogP contribution in [0.4, 0.5) is 5.82 Å². The zero-order chi connectivity index (χ0) is 19.2. The van der Waals surface area contributed by atoms with Gasteiger partial charge in [-0.25, -0.2) is 9.48 Å². The first kappa shape index (κ1) is 17.9. The number of aromatic nitrogens is 6. The summed E-state index contributed by atoms with van der Waals surface area (Å²) in [5.41, 5.74) is -0.869. The third kappa shape index (κ3) is 2.81. The normalized spacial score (nSPS) is 11.5. The molecule has 0 aromatic carbocycles. The van der Waals surface area contributed by atoms with Crippen LogP contribution in [0.5, 0.6) is 0 Å². The minimum Gasteiger partial charge on any atom is -0.309 e. The minimum absolute atomic E-state index is 0.0502. The van der Waals surface area contributed by atoms with Crippen LogP contribution in [0.25, 0.3) is 11.2 Å². The predicted octanol–water partition coefficient (Wildman–Crippen LogP) is 0.503. The van der Waals surface area contributed by atoms with E-state index in [0.717, 1.165) is 4.57 Å². The van der Waals surface area contributed by atoms with E-state index < -0.39 is 17.2 Å². The van der Waals surface area contributed by atoms with E-state index in [1.165, 1.54) is 23.2 Å². The molecule has 3 aromatic rings. The van der Waals surface area contributed by atoms with E-state index >= 15 is 0 Å². The van der Waals surface area contributed by atoms with Gasteiger partial charge in [0, 0.05) is 26.2 Å². The highest BCUT2D eigenvalue weighted by Crippen LogP contribution is 2.17. The average molecular weight is 380 g/mol. The summed E-state index contributed by atoms with van der Waals surface area (Å²) in [6, 6.07) is 1.74. The van der Waals surface area contributed by atoms with E-state index in [2.05, 4.69) is 15.4 Å². The fourth-order valence-electron chi connectivity index (χ4n) is 2.71. The number of nitrogens with one attached hydrogen (secondary N) is 1. The van der Waals surface area contributed by atoms with Crippen LogP contribution in [0.1, 0.15) is 19.9 Å². The third-order valence-corrected chi connectivity index (χ3v) is 4.32.